The summed E-state index contributed by atoms with van der Waals surface area (Å²) in [5.74, 6) is -1.02. The van der Waals surface area contributed by atoms with E-state index >= 15 is 0 Å². The zero-order chi connectivity index (χ0) is 18.2. The molecule has 0 fully saturated rings. The van der Waals surface area contributed by atoms with Gasteiger partial charge in [0.25, 0.3) is 0 Å². The van der Waals surface area contributed by atoms with E-state index in [1.165, 1.54) is 6.21 Å². The average Bonchev–Trinajstić information content (AvgIpc) is 2.59. The Morgan fingerprint density at radius 2 is 1.88 bits per heavy atom. The van der Waals surface area contributed by atoms with Crippen LogP contribution in [-0.2, 0) is 9.59 Å². The van der Waals surface area contributed by atoms with Gasteiger partial charge in [-0.3, -0.25) is 9.59 Å². The molecule has 2 aromatic rings. The number of rotatable bonds is 5. The molecule has 0 aliphatic rings. The third kappa shape index (κ3) is 5.72. The predicted molar refractivity (Wildman–Crippen MR) is 101 cm³/mol. The Hall–Kier alpha value is -2.67. The lowest BCUT2D eigenvalue weighted by Gasteiger charge is -2.07. The second-order valence-corrected chi connectivity index (χ2v) is 6.05. The Morgan fingerprint density at radius 1 is 1.16 bits per heavy atom. The van der Waals surface area contributed by atoms with Crippen molar-refractivity contribution in [2.45, 2.75) is 13.8 Å². The molecule has 130 valence electrons. The van der Waals surface area contributed by atoms with Gasteiger partial charge in [-0.15, -0.1) is 0 Å². The van der Waals surface area contributed by atoms with E-state index in [-0.39, 0.29) is 0 Å². The molecule has 6 nitrogen and oxygen atoms in total. The van der Waals surface area contributed by atoms with E-state index in [4.69, 9.17) is 4.74 Å². The molecule has 2 amide bonds. The number of hydrogen-bond acceptors (Lipinski definition) is 4. The van der Waals surface area contributed by atoms with Crippen molar-refractivity contribution >= 4 is 39.6 Å². The standard InChI is InChI=1S/C18H18BrN3O3/c1-3-25-16-9-6-14(19)10-13(16)11-20-22-18(24)17(23)21-15-7-4-12(2)5-8-15/h4-11H,3H2,1-2H3,(H,21,23)(H,22,24)/b20-11-. The zero-order valence-electron chi connectivity index (χ0n) is 13.9. The smallest absolute Gasteiger partial charge is 0.329 e. The number of hydrogen-bond donors (Lipinski definition) is 2. The maximum absolute atomic E-state index is 11.8. The fraction of sp³-hybridized carbons (Fsp3) is 0.167. The van der Waals surface area contributed by atoms with E-state index in [0.717, 1.165) is 10.0 Å². The van der Waals surface area contributed by atoms with Crippen LogP contribution in [0.1, 0.15) is 18.1 Å². The van der Waals surface area contributed by atoms with Gasteiger partial charge in [0, 0.05) is 15.7 Å². The SMILES string of the molecule is CCOc1ccc(Br)cc1/C=N\NC(=O)C(=O)Nc1ccc(C)cc1. The minimum Gasteiger partial charge on any atom is -0.493 e. The van der Waals surface area contributed by atoms with Crippen LogP contribution in [0.2, 0.25) is 0 Å². The van der Waals surface area contributed by atoms with Gasteiger partial charge in [0.2, 0.25) is 0 Å². The van der Waals surface area contributed by atoms with Crippen LogP contribution in [0, 0.1) is 6.92 Å². The Labute approximate surface area is 154 Å². The third-order valence-electron chi connectivity index (χ3n) is 3.16. The summed E-state index contributed by atoms with van der Waals surface area (Å²) in [5.41, 5.74) is 4.48. The second kappa shape index (κ2) is 8.98. The number of aryl methyl sites for hydroxylation is 1. The molecule has 0 heterocycles. The lowest BCUT2D eigenvalue weighted by atomic mass is 10.2. The van der Waals surface area contributed by atoms with Crippen LogP contribution in [0.3, 0.4) is 0 Å². The summed E-state index contributed by atoms with van der Waals surface area (Å²) in [7, 11) is 0. The van der Waals surface area contributed by atoms with E-state index in [0.29, 0.717) is 23.6 Å². The van der Waals surface area contributed by atoms with Crippen LogP contribution in [0.4, 0.5) is 5.69 Å². The van der Waals surface area contributed by atoms with Crippen LogP contribution in [0.15, 0.2) is 52.0 Å². The van der Waals surface area contributed by atoms with E-state index in [9.17, 15) is 9.59 Å². The minimum absolute atomic E-state index is 0.508. The molecule has 0 bridgehead atoms. The first-order chi connectivity index (χ1) is 12.0. The predicted octanol–water partition coefficient (Wildman–Crippen LogP) is 3.25. The molecule has 25 heavy (non-hydrogen) atoms. The molecular formula is C18H18BrN3O3. The van der Waals surface area contributed by atoms with Crippen LogP contribution in [0.25, 0.3) is 0 Å². The second-order valence-electron chi connectivity index (χ2n) is 5.13. The van der Waals surface area contributed by atoms with E-state index in [2.05, 4.69) is 31.8 Å². The Morgan fingerprint density at radius 3 is 2.56 bits per heavy atom. The number of amides is 2. The number of ether oxygens (including phenoxy) is 1. The normalized spacial score (nSPS) is 10.5. The molecule has 2 aromatic carbocycles. The van der Waals surface area contributed by atoms with Crippen LogP contribution in [0.5, 0.6) is 5.75 Å². The van der Waals surface area contributed by atoms with Crippen molar-refractivity contribution in [1.82, 2.24) is 5.43 Å². The molecule has 0 aromatic heterocycles. The Bertz CT molecular complexity index is 789. The lowest BCUT2D eigenvalue weighted by Crippen LogP contribution is -2.32. The summed E-state index contributed by atoms with van der Waals surface area (Å²) < 4.78 is 6.33. The van der Waals surface area contributed by atoms with Gasteiger partial charge < -0.3 is 10.1 Å². The number of nitrogens with zero attached hydrogens (tertiary/aromatic N) is 1. The molecule has 0 saturated heterocycles. The molecule has 2 rings (SSSR count). The highest BCUT2D eigenvalue weighted by Gasteiger charge is 2.12. The maximum Gasteiger partial charge on any atom is 0.329 e. The molecular weight excluding hydrogens is 386 g/mol. The Balaban J connectivity index is 1.97. The van der Waals surface area contributed by atoms with Gasteiger partial charge in [-0.1, -0.05) is 33.6 Å². The largest absolute Gasteiger partial charge is 0.493 e. The van der Waals surface area contributed by atoms with Gasteiger partial charge in [0.05, 0.1) is 12.8 Å². The summed E-state index contributed by atoms with van der Waals surface area (Å²) in [5, 5.41) is 6.32. The number of benzene rings is 2. The van der Waals surface area contributed by atoms with Crippen LogP contribution >= 0.6 is 15.9 Å². The van der Waals surface area contributed by atoms with Crippen molar-refractivity contribution < 1.29 is 14.3 Å². The van der Waals surface area contributed by atoms with Crippen molar-refractivity contribution in [1.29, 1.82) is 0 Å². The Kier molecular flexibility index (Phi) is 6.71. The quantitative estimate of drug-likeness (QED) is 0.456. The number of anilines is 1. The summed E-state index contributed by atoms with van der Waals surface area (Å²) in [6, 6.07) is 12.6. The van der Waals surface area contributed by atoms with E-state index in [1.807, 2.05) is 32.0 Å². The topological polar surface area (TPSA) is 79.8 Å². The number of carbonyl (C=O) groups excluding carboxylic acids is 2. The van der Waals surface area contributed by atoms with Gasteiger partial charge in [-0.2, -0.15) is 5.10 Å². The maximum atomic E-state index is 11.8. The molecule has 0 saturated carbocycles. The van der Waals surface area contributed by atoms with E-state index in [1.54, 1.807) is 24.3 Å². The summed E-state index contributed by atoms with van der Waals surface area (Å²) in [6.07, 6.45) is 1.42. The first-order valence-electron chi connectivity index (χ1n) is 7.63. The molecule has 0 spiro atoms. The van der Waals surface area contributed by atoms with Gasteiger partial charge in [-0.25, -0.2) is 5.43 Å². The van der Waals surface area contributed by atoms with Gasteiger partial charge >= 0.3 is 11.8 Å². The van der Waals surface area contributed by atoms with Gasteiger partial charge in [0.15, 0.2) is 0 Å². The van der Waals surface area contributed by atoms with Crippen molar-refractivity contribution in [3.8, 4) is 5.75 Å². The lowest BCUT2D eigenvalue weighted by molar-refractivity contribution is -0.136. The first kappa shape index (κ1) is 18.7. The minimum atomic E-state index is -0.857. The molecule has 2 N–H and O–H groups in total. The monoisotopic (exact) mass is 403 g/mol. The molecule has 0 aliphatic heterocycles. The van der Waals surface area contributed by atoms with Crippen molar-refractivity contribution in [2.24, 2.45) is 5.10 Å². The summed E-state index contributed by atoms with van der Waals surface area (Å²) in [4.78, 5) is 23.6. The highest BCUT2D eigenvalue weighted by molar-refractivity contribution is 9.10. The molecule has 0 radical (unpaired) electrons. The summed E-state index contributed by atoms with van der Waals surface area (Å²) >= 11 is 3.36. The molecule has 0 unspecified atom stereocenters. The van der Waals surface area contributed by atoms with Crippen LogP contribution in [-0.4, -0.2) is 24.6 Å². The number of hydrazone groups is 1. The van der Waals surface area contributed by atoms with Crippen molar-refractivity contribution in [3.63, 3.8) is 0 Å². The summed E-state index contributed by atoms with van der Waals surface area (Å²) in [6.45, 7) is 4.32. The highest BCUT2D eigenvalue weighted by atomic mass is 79.9. The molecule has 0 aliphatic carbocycles. The van der Waals surface area contributed by atoms with E-state index < -0.39 is 11.8 Å². The number of nitrogens with one attached hydrogen (secondary N) is 2. The number of carbonyl (C=O) groups is 2. The number of halogens is 1. The van der Waals surface area contributed by atoms with Gasteiger partial charge in [-0.05, 0) is 44.2 Å². The van der Waals surface area contributed by atoms with Gasteiger partial charge in [0.1, 0.15) is 5.75 Å². The zero-order valence-corrected chi connectivity index (χ0v) is 15.5. The molecule has 7 heteroatoms. The fourth-order valence-corrected chi connectivity index (χ4v) is 2.32. The first-order valence-corrected chi connectivity index (χ1v) is 8.42. The van der Waals surface area contributed by atoms with Crippen molar-refractivity contribution in [2.75, 3.05) is 11.9 Å². The molecule has 0 atom stereocenters. The van der Waals surface area contributed by atoms with Crippen molar-refractivity contribution in [3.05, 3.63) is 58.1 Å². The highest BCUT2D eigenvalue weighted by Crippen LogP contribution is 2.21. The fourth-order valence-electron chi connectivity index (χ4n) is 1.94. The van der Waals surface area contributed by atoms with Crippen LogP contribution < -0.4 is 15.5 Å². The third-order valence-corrected chi connectivity index (χ3v) is 3.65. The average molecular weight is 404 g/mol.